The molecular weight excluding hydrogens is 322 g/mol. The molecular formula is C22H29N3O. The summed E-state index contributed by atoms with van der Waals surface area (Å²) >= 11 is 0. The smallest absolute Gasteiger partial charge is 0.0909 e. The molecule has 0 fully saturated rings. The van der Waals surface area contributed by atoms with E-state index in [1.807, 2.05) is 62.5 Å². The number of rotatable bonds is 9. The summed E-state index contributed by atoms with van der Waals surface area (Å²) in [6, 6.07) is 14.4. The van der Waals surface area contributed by atoms with Gasteiger partial charge in [0.1, 0.15) is 0 Å². The second-order valence-corrected chi connectivity index (χ2v) is 6.54. The zero-order chi connectivity index (χ0) is 18.9. The third-order valence-electron chi connectivity index (χ3n) is 4.39. The molecule has 4 nitrogen and oxygen atoms in total. The first-order valence-electron chi connectivity index (χ1n) is 9.06. The van der Waals surface area contributed by atoms with Crippen LogP contribution in [0.5, 0.6) is 0 Å². The van der Waals surface area contributed by atoms with Crippen LogP contribution in [0.4, 0.5) is 5.69 Å². The molecule has 0 spiro atoms. The van der Waals surface area contributed by atoms with E-state index >= 15 is 0 Å². The molecule has 0 saturated carbocycles. The van der Waals surface area contributed by atoms with Crippen molar-refractivity contribution in [2.75, 3.05) is 26.8 Å². The van der Waals surface area contributed by atoms with Crippen LogP contribution in [0, 0.1) is 19.3 Å². The number of hydrogen-bond acceptors (Lipinski definition) is 3. The van der Waals surface area contributed by atoms with Crippen LogP contribution >= 0.6 is 0 Å². The van der Waals surface area contributed by atoms with Crippen LogP contribution in [0.3, 0.4) is 0 Å². The van der Waals surface area contributed by atoms with Gasteiger partial charge in [-0.05, 0) is 56.0 Å². The fraction of sp³-hybridized carbons (Fsp3) is 0.364. The van der Waals surface area contributed by atoms with Crippen LogP contribution in [0.25, 0.3) is 0 Å². The molecule has 0 amide bonds. The maximum Gasteiger partial charge on any atom is 0.0909 e. The normalized spacial score (nSPS) is 11.1. The van der Waals surface area contributed by atoms with Crippen LogP contribution in [0.2, 0.25) is 0 Å². The molecule has 4 heteroatoms. The lowest BCUT2D eigenvalue weighted by Gasteiger charge is -2.13. The molecule has 0 aliphatic carbocycles. The number of benzene rings is 2. The highest BCUT2D eigenvalue weighted by Crippen LogP contribution is 2.23. The van der Waals surface area contributed by atoms with Gasteiger partial charge in [-0.3, -0.25) is 0 Å². The van der Waals surface area contributed by atoms with E-state index in [2.05, 4.69) is 24.0 Å². The highest BCUT2D eigenvalue weighted by Gasteiger charge is 2.09. The van der Waals surface area contributed by atoms with Gasteiger partial charge in [0.2, 0.25) is 0 Å². The van der Waals surface area contributed by atoms with Gasteiger partial charge >= 0.3 is 0 Å². The summed E-state index contributed by atoms with van der Waals surface area (Å²) < 4.78 is 5.71. The van der Waals surface area contributed by atoms with E-state index in [0.717, 1.165) is 35.3 Å². The maximum atomic E-state index is 8.35. The third-order valence-corrected chi connectivity index (χ3v) is 4.39. The van der Waals surface area contributed by atoms with Crippen LogP contribution < -0.4 is 0 Å². The maximum absolute atomic E-state index is 8.35. The number of nitrogens with zero attached hydrogens (tertiary/aromatic N) is 2. The van der Waals surface area contributed by atoms with E-state index in [1.165, 1.54) is 5.56 Å². The van der Waals surface area contributed by atoms with Gasteiger partial charge in [-0.2, -0.15) is 0 Å². The molecule has 0 unspecified atom stereocenters. The lowest BCUT2D eigenvalue weighted by molar-refractivity contribution is 0.175. The number of ether oxygens (including phenoxy) is 1. The summed E-state index contributed by atoms with van der Waals surface area (Å²) in [6.07, 6.45) is 2.71. The van der Waals surface area contributed by atoms with Gasteiger partial charge in [0, 0.05) is 19.2 Å². The molecule has 0 saturated heterocycles. The quantitative estimate of drug-likeness (QED) is 0.409. The predicted octanol–water partition coefficient (Wildman–Crippen LogP) is 4.54. The van der Waals surface area contributed by atoms with E-state index in [0.29, 0.717) is 18.9 Å². The predicted molar refractivity (Wildman–Crippen MR) is 110 cm³/mol. The Morgan fingerprint density at radius 2 is 1.88 bits per heavy atom. The second kappa shape index (κ2) is 9.88. The van der Waals surface area contributed by atoms with E-state index in [1.54, 1.807) is 0 Å². The lowest BCUT2D eigenvalue weighted by Crippen LogP contribution is -2.14. The van der Waals surface area contributed by atoms with Crippen molar-refractivity contribution >= 4 is 17.7 Å². The van der Waals surface area contributed by atoms with E-state index in [9.17, 15) is 0 Å². The van der Waals surface area contributed by atoms with Crippen LogP contribution in [0.1, 0.15) is 29.2 Å². The first kappa shape index (κ1) is 19.9. The summed E-state index contributed by atoms with van der Waals surface area (Å²) in [5, 5.41) is 8.35. The first-order chi connectivity index (χ1) is 12.5. The Bertz CT molecular complexity index is 753. The van der Waals surface area contributed by atoms with Crippen molar-refractivity contribution in [1.29, 1.82) is 5.41 Å². The standard InChI is InChI=1S/C22H29N3O/c1-5-25(4)16-24-22-14-17(2)20(13-18(22)3)21(23)15-26-12-11-19-9-7-6-8-10-19/h6-10,13-14,16,23H,5,11-12,15H2,1-4H3/b23-21?,24-16+. The lowest BCUT2D eigenvalue weighted by atomic mass is 10.0. The average Bonchev–Trinajstić information content (AvgIpc) is 2.65. The number of aryl methyl sites for hydroxylation is 2. The van der Waals surface area contributed by atoms with Crippen LogP contribution in [-0.4, -0.2) is 43.8 Å². The average molecular weight is 351 g/mol. The van der Waals surface area contributed by atoms with Gasteiger partial charge in [0.25, 0.3) is 0 Å². The zero-order valence-corrected chi connectivity index (χ0v) is 16.2. The molecule has 0 aliphatic rings. The minimum atomic E-state index is 0.328. The molecule has 138 valence electrons. The number of aliphatic imine (C=N–C) groups is 1. The van der Waals surface area contributed by atoms with Crippen molar-refractivity contribution in [3.63, 3.8) is 0 Å². The fourth-order valence-electron chi connectivity index (χ4n) is 2.59. The molecule has 1 N–H and O–H groups in total. The van der Waals surface area contributed by atoms with Crippen molar-refractivity contribution in [2.24, 2.45) is 4.99 Å². The summed E-state index contributed by atoms with van der Waals surface area (Å²) in [5.74, 6) is 0. The monoisotopic (exact) mass is 351 g/mol. The fourth-order valence-corrected chi connectivity index (χ4v) is 2.59. The Labute approximate surface area is 157 Å². The minimum Gasteiger partial charge on any atom is -0.375 e. The molecule has 2 aromatic carbocycles. The molecule has 26 heavy (non-hydrogen) atoms. The molecule has 2 aromatic rings. The zero-order valence-electron chi connectivity index (χ0n) is 16.2. The molecule has 2 rings (SSSR count). The molecule has 0 aromatic heterocycles. The number of hydrogen-bond donors (Lipinski definition) is 1. The second-order valence-electron chi connectivity index (χ2n) is 6.54. The molecule has 0 heterocycles. The third kappa shape index (κ3) is 5.81. The highest BCUT2D eigenvalue weighted by molar-refractivity contribution is 6.01. The van der Waals surface area contributed by atoms with Crippen molar-refractivity contribution < 1.29 is 4.74 Å². The Morgan fingerprint density at radius 3 is 2.58 bits per heavy atom. The van der Waals surface area contributed by atoms with Gasteiger partial charge in [-0.1, -0.05) is 30.3 Å². The minimum absolute atomic E-state index is 0.328. The largest absolute Gasteiger partial charge is 0.375 e. The first-order valence-corrected chi connectivity index (χ1v) is 9.06. The van der Waals surface area contributed by atoms with Gasteiger partial charge in [-0.15, -0.1) is 0 Å². The molecule has 0 radical (unpaired) electrons. The van der Waals surface area contributed by atoms with Crippen molar-refractivity contribution in [3.05, 3.63) is 64.7 Å². The van der Waals surface area contributed by atoms with Gasteiger partial charge in [0.15, 0.2) is 0 Å². The van der Waals surface area contributed by atoms with E-state index in [-0.39, 0.29) is 0 Å². The Hall–Kier alpha value is -2.46. The molecule has 0 bridgehead atoms. The molecule has 0 atom stereocenters. The van der Waals surface area contributed by atoms with Gasteiger partial charge < -0.3 is 15.0 Å². The summed E-state index contributed by atoms with van der Waals surface area (Å²) in [6.45, 7) is 8.02. The van der Waals surface area contributed by atoms with E-state index in [4.69, 9.17) is 10.1 Å². The molecule has 0 aliphatic heterocycles. The topological polar surface area (TPSA) is 48.7 Å². The van der Waals surface area contributed by atoms with Crippen LogP contribution in [0.15, 0.2) is 47.5 Å². The Balaban J connectivity index is 1.94. The van der Waals surface area contributed by atoms with Gasteiger partial charge in [-0.25, -0.2) is 4.99 Å². The van der Waals surface area contributed by atoms with Crippen molar-refractivity contribution in [1.82, 2.24) is 4.90 Å². The van der Waals surface area contributed by atoms with Crippen molar-refractivity contribution in [3.8, 4) is 0 Å². The Morgan fingerprint density at radius 1 is 1.15 bits per heavy atom. The number of nitrogens with one attached hydrogen (secondary N) is 1. The summed E-state index contributed by atoms with van der Waals surface area (Å²) in [7, 11) is 2.00. The van der Waals surface area contributed by atoms with Gasteiger partial charge in [0.05, 0.1) is 31.0 Å². The highest BCUT2D eigenvalue weighted by atomic mass is 16.5. The van der Waals surface area contributed by atoms with E-state index < -0.39 is 0 Å². The van der Waals surface area contributed by atoms with Crippen molar-refractivity contribution in [2.45, 2.75) is 27.2 Å². The summed E-state index contributed by atoms with van der Waals surface area (Å²) in [5.41, 5.74) is 5.78. The van der Waals surface area contributed by atoms with Crippen LogP contribution in [-0.2, 0) is 11.2 Å². The SMILES string of the molecule is CCN(C)/C=N/c1cc(C)c(C(=N)COCCc2ccccc2)cc1C. The Kier molecular flexibility index (Phi) is 7.54. The summed E-state index contributed by atoms with van der Waals surface area (Å²) in [4.78, 5) is 6.58.